The van der Waals surface area contributed by atoms with Crippen LogP contribution in [0.3, 0.4) is 0 Å². The number of hydrogen-bond donors (Lipinski definition) is 1. The molecule has 1 aromatic rings. The summed E-state index contributed by atoms with van der Waals surface area (Å²) in [5, 5.41) is 6.89. The molecule has 0 radical (unpaired) electrons. The molecule has 134 valence electrons. The van der Waals surface area contributed by atoms with Crippen LogP contribution in [0.5, 0.6) is 0 Å². The van der Waals surface area contributed by atoms with Gasteiger partial charge in [0.2, 0.25) is 0 Å². The van der Waals surface area contributed by atoms with Crippen molar-refractivity contribution in [2.24, 2.45) is 5.41 Å². The molecule has 0 unspecified atom stereocenters. The smallest absolute Gasteiger partial charge is 0.290 e. The highest BCUT2D eigenvalue weighted by molar-refractivity contribution is 5.32. The first-order valence-electron chi connectivity index (χ1n) is 8.62. The van der Waals surface area contributed by atoms with Gasteiger partial charge in [-0.3, -0.25) is 9.69 Å². The van der Waals surface area contributed by atoms with Crippen molar-refractivity contribution in [3.63, 3.8) is 0 Å². The number of hydrogen-bond acceptors (Lipinski definition) is 3. The Labute approximate surface area is 143 Å². The van der Waals surface area contributed by atoms with Crippen LogP contribution in [-0.4, -0.2) is 42.8 Å². The molecule has 2 atom stereocenters. The van der Waals surface area contributed by atoms with Gasteiger partial charge in [0.15, 0.2) is 0 Å². The van der Waals surface area contributed by atoms with E-state index in [2.05, 4.69) is 11.0 Å². The van der Waals surface area contributed by atoms with E-state index in [4.69, 9.17) is 14.6 Å². The van der Waals surface area contributed by atoms with E-state index in [-0.39, 0.29) is 12.3 Å². The highest BCUT2D eigenvalue weighted by Gasteiger charge is 2.45. The molecular weight excluding hydrogens is 309 g/mol. The van der Waals surface area contributed by atoms with Crippen LogP contribution in [0.2, 0.25) is 0 Å². The third-order valence-corrected chi connectivity index (χ3v) is 5.44. The minimum Gasteiger partial charge on any atom is -0.483 e. The molecule has 5 heteroatoms. The summed E-state index contributed by atoms with van der Waals surface area (Å²) < 4.78 is 19.5. The third kappa shape index (κ3) is 4.33. The predicted octanol–water partition coefficient (Wildman–Crippen LogP) is 3.62. The number of aryl methyl sites for hydroxylation is 1. The number of benzene rings is 1. The maximum atomic E-state index is 13.7. The predicted molar refractivity (Wildman–Crippen MR) is 91.4 cm³/mol. The first-order valence-corrected chi connectivity index (χ1v) is 8.62. The monoisotopic (exact) mass is 337 g/mol. The van der Waals surface area contributed by atoms with Crippen molar-refractivity contribution in [1.82, 2.24) is 4.90 Å². The summed E-state index contributed by atoms with van der Waals surface area (Å²) in [4.78, 5) is 10.9. The van der Waals surface area contributed by atoms with Gasteiger partial charge in [-0.05, 0) is 56.3 Å². The summed E-state index contributed by atoms with van der Waals surface area (Å²) >= 11 is 0. The number of ether oxygens (including phenoxy) is 1. The van der Waals surface area contributed by atoms with Crippen LogP contribution in [0.1, 0.15) is 43.2 Å². The van der Waals surface area contributed by atoms with Crippen LogP contribution in [0, 0.1) is 18.2 Å². The molecule has 1 spiro atoms. The number of halogens is 1. The average Bonchev–Trinajstić information content (AvgIpc) is 2.93. The zero-order chi connectivity index (χ0) is 17.6. The quantitative estimate of drug-likeness (QED) is 0.856. The standard InChI is InChI=1S/C18H26FNO.CH2O2/c1-14-6-7-15(11-16(14)19)12-20-10-4-9-18(13-20)8-3-5-17(18)21-2;2-1-3/h6-7,11,17H,3-5,8-10,12-13H2,1-2H3;1H,(H,2,3)/t17-,18-;/m1./s1. The summed E-state index contributed by atoms with van der Waals surface area (Å²) in [5.41, 5.74) is 2.15. The Balaban J connectivity index is 0.000000647. The van der Waals surface area contributed by atoms with Gasteiger partial charge in [0.25, 0.3) is 6.47 Å². The topological polar surface area (TPSA) is 49.8 Å². The first-order chi connectivity index (χ1) is 11.5. The van der Waals surface area contributed by atoms with Gasteiger partial charge in [0.1, 0.15) is 5.82 Å². The molecule has 1 saturated carbocycles. The van der Waals surface area contributed by atoms with Crippen LogP contribution < -0.4 is 0 Å². The molecule has 2 fully saturated rings. The van der Waals surface area contributed by atoms with E-state index < -0.39 is 0 Å². The average molecular weight is 337 g/mol. The second-order valence-electron chi connectivity index (χ2n) is 6.98. The minimum atomic E-state index is -0.250. The fourth-order valence-corrected chi connectivity index (χ4v) is 4.33. The zero-order valence-corrected chi connectivity index (χ0v) is 14.6. The normalized spacial score (nSPS) is 26.9. The third-order valence-electron chi connectivity index (χ3n) is 5.44. The van der Waals surface area contributed by atoms with Crippen molar-refractivity contribution in [1.29, 1.82) is 0 Å². The maximum Gasteiger partial charge on any atom is 0.290 e. The molecule has 3 rings (SSSR count). The van der Waals surface area contributed by atoms with Crippen molar-refractivity contribution in [3.05, 3.63) is 35.1 Å². The highest BCUT2D eigenvalue weighted by Crippen LogP contribution is 2.46. The maximum absolute atomic E-state index is 13.7. The minimum absolute atomic E-state index is 0.0881. The van der Waals surface area contributed by atoms with Gasteiger partial charge in [-0.1, -0.05) is 18.6 Å². The lowest BCUT2D eigenvalue weighted by Crippen LogP contribution is -2.47. The Morgan fingerprint density at radius 3 is 2.79 bits per heavy atom. The van der Waals surface area contributed by atoms with Gasteiger partial charge in [0, 0.05) is 25.6 Å². The Morgan fingerprint density at radius 1 is 1.42 bits per heavy atom. The van der Waals surface area contributed by atoms with Gasteiger partial charge in [-0.2, -0.15) is 0 Å². The molecule has 4 nitrogen and oxygen atoms in total. The van der Waals surface area contributed by atoms with Crippen LogP contribution >= 0.6 is 0 Å². The van der Waals surface area contributed by atoms with Gasteiger partial charge in [0.05, 0.1) is 6.10 Å². The number of carboxylic acid groups (broad SMARTS) is 1. The summed E-state index contributed by atoms with van der Waals surface area (Å²) in [6, 6.07) is 5.64. The summed E-state index contributed by atoms with van der Waals surface area (Å²) in [7, 11) is 1.85. The molecule has 2 aliphatic rings. The lowest BCUT2D eigenvalue weighted by Gasteiger charge is -2.43. The number of carbonyl (C=O) groups is 1. The van der Waals surface area contributed by atoms with Gasteiger partial charge >= 0.3 is 0 Å². The summed E-state index contributed by atoms with van der Waals surface area (Å²) in [6.45, 7) is 4.64. The van der Waals surface area contributed by atoms with Crippen LogP contribution in [-0.2, 0) is 16.1 Å². The highest BCUT2D eigenvalue weighted by atomic mass is 19.1. The lowest BCUT2D eigenvalue weighted by molar-refractivity contribution is -0.122. The SMILES string of the molecule is CO[C@@H]1CCC[C@]12CCCN(Cc1ccc(C)c(F)c1)C2.O=CO. The molecule has 1 aliphatic carbocycles. The van der Waals surface area contributed by atoms with Crippen molar-refractivity contribution >= 4 is 6.47 Å². The van der Waals surface area contributed by atoms with Crippen molar-refractivity contribution in [2.75, 3.05) is 20.2 Å². The van der Waals surface area contributed by atoms with Gasteiger partial charge < -0.3 is 9.84 Å². The molecule has 0 amide bonds. The second kappa shape index (κ2) is 8.58. The molecule has 0 aromatic heterocycles. The van der Waals surface area contributed by atoms with E-state index in [1.807, 2.05) is 20.1 Å². The zero-order valence-electron chi connectivity index (χ0n) is 14.6. The van der Waals surface area contributed by atoms with E-state index in [0.29, 0.717) is 11.5 Å². The molecule has 1 saturated heterocycles. The van der Waals surface area contributed by atoms with E-state index in [0.717, 1.165) is 30.8 Å². The van der Waals surface area contributed by atoms with Crippen molar-refractivity contribution < 1.29 is 19.0 Å². The Kier molecular flexibility index (Phi) is 6.75. The number of methoxy groups -OCH3 is 1. The summed E-state index contributed by atoms with van der Waals surface area (Å²) in [5.74, 6) is -0.0881. The fraction of sp³-hybridized carbons (Fsp3) is 0.632. The van der Waals surface area contributed by atoms with Crippen LogP contribution in [0.4, 0.5) is 4.39 Å². The molecular formula is C19H28FNO3. The van der Waals surface area contributed by atoms with E-state index in [1.54, 1.807) is 6.07 Å². The van der Waals surface area contributed by atoms with E-state index in [9.17, 15) is 4.39 Å². The van der Waals surface area contributed by atoms with Gasteiger partial charge in [-0.25, -0.2) is 4.39 Å². The van der Waals surface area contributed by atoms with Crippen LogP contribution in [0.15, 0.2) is 18.2 Å². The Hall–Kier alpha value is -1.46. The Bertz CT molecular complexity index is 551. The molecule has 0 bridgehead atoms. The van der Waals surface area contributed by atoms with Crippen molar-refractivity contribution in [3.8, 4) is 0 Å². The number of likely N-dealkylation sites (tertiary alicyclic amines) is 1. The molecule has 1 aliphatic heterocycles. The number of piperidine rings is 1. The fourth-order valence-electron chi connectivity index (χ4n) is 4.33. The van der Waals surface area contributed by atoms with Gasteiger partial charge in [-0.15, -0.1) is 0 Å². The molecule has 1 heterocycles. The molecule has 1 N–H and O–H groups in total. The van der Waals surface area contributed by atoms with E-state index in [1.165, 1.54) is 32.1 Å². The molecule has 24 heavy (non-hydrogen) atoms. The lowest BCUT2D eigenvalue weighted by atomic mass is 9.76. The van der Waals surface area contributed by atoms with E-state index >= 15 is 0 Å². The molecule has 1 aromatic carbocycles. The number of rotatable bonds is 3. The summed E-state index contributed by atoms with van der Waals surface area (Å²) in [6.07, 6.45) is 6.69. The second-order valence-corrected chi connectivity index (χ2v) is 6.98. The largest absolute Gasteiger partial charge is 0.483 e. The Morgan fingerprint density at radius 2 is 2.12 bits per heavy atom. The van der Waals surface area contributed by atoms with Crippen LogP contribution in [0.25, 0.3) is 0 Å². The van der Waals surface area contributed by atoms with Crippen molar-refractivity contribution in [2.45, 2.75) is 51.7 Å². The first kappa shape index (κ1) is 18.9. The number of nitrogens with zero attached hydrogens (tertiary/aromatic N) is 1.